The lowest BCUT2D eigenvalue weighted by atomic mass is 10.0. The van der Waals surface area contributed by atoms with Crippen molar-refractivity contribution in [3.05, 3.63) is 48.3 Å². The molecule has 2 aromatic rings. The second kappa shape index (κ2) is 4.87. The van der Waals surface area contributed by atoms with Crippen LogP contribution in [0, 0.1) is 5.82 Å². The molecule has 0 aliphatic rings. The van der Waals surface area contributed by atoms with E-state index in [-0.39, 0.29) is 5.69 Å². The van der Waals surface area contributed by atoms with Gasteiger partial charge in [0.05, 0.1) is 12.3 Å². The van der Waals surface area contributed by atoms with E-state index in [1.54, 1.807) is 12.1 Å². The monoisotopic (exact) mass is 231 g/mol. The van der Waals surface area contributed by atoms with Crippen molar-refractivity contribution in [1.82, 2.24) is 0 Å². The van der Waals surface area contributed by atoms with E-state index in [0.29, 0.717) is 6.61 Å². The van der Waals surface area contributed by atoms with E-state index >= 15 is 0 Å². The number of nitrogens with two attached hydrogens (primary N) is 1. The molecule has 0 heterocycles. The summed E-state index contributed by atoms with van der Waals surface area (Å²) in [6.07, 6.45) is 0. The van der Waals surface area contributed by atoms with Gasteiger partial charge in [0.2, 0.25) is 0 Å². The lowest BCUT2D eigenvalue weighted by Gasteiger charge is -2.07. The highest BCUT2D eigenvalue weighted by atomic mass is 19.1. The van der Waals surface area contributed by atoms with Crippen molar-refractivity contribution in [1.29, 1.82) is 0 Å². The fourth-order valence-corrected chi connectivity index (χ4v) is 1.64. The van der Waals surface area contributed by atoms with E-state index in [2.05, 4.69) is 0 Å². The van der Waals surface area contributed by atoms with Crippen molar-refractivity contribution in [2.45, 2.75) is 6.92 Å². The first-order valence-electron chi connectivity index (χ1n) is 5.49. The summed E-state index contributed by atoms with van der Waals surface area (Å²) >= 11 is 0. The zero-order valence-corrected chi connectivity index (χ0v) is 9.61. The maximum atomic E-state index is 13.4. The highest BCUT2D eigenvalue weighted by molar-refractivity contribution is 5.67. The quantitative estimate of drug-likeness (QED) is 0.821. The molecule has 0 aromatic heterocycles. The third kappa shape index (κ3) is 2.56. The van der Waals surface area contributed by atoms with Crippen molar-refractivity contribution in [2.75, 3.05) is 12.3 Å². The lowest BCUT2D eigenvalue weighted by molar-refractivity contribution is 0.340. The van der Waals surface area contributed by atoms with Crippen molar-refractivity contribution >= 4 is 5.69 Å². The number of hydrogen-bond acceptors (Lipinski definition) is 2. The average Bonchev–Trinajstić information content (AvgIpc) is 2.33. The first-order chi connectivity index (χ1) is 8.20. The summed E-state index contributed by atoms with van der Waals surface area (Å²) in [5.74, 6) is 0.381. The summed E-state index contributed by atoms with van der Waals surface area (Å²) in [6, 6.07) is 12.3. The molecule has 0 aliphatic carbocycles. The number of hydrogen-bond donors (Lipinski definition) is 1. The summed E-state index contributed by atoms with van der Waals surface area (Å²) in [5, 5.41) is 0. The second-order valence-corrected chi connectivity index (χ2v) is 3.70. The normalized spacial score (nSPS) is 10.2. The number of benzene rings is 2. The molecule has 0 fully saturated rings. The molecule has 2 aromatic carbocycles. The first-order valence-corrected chi connectivity index (χ1v) is 5.49. The highest BCUT2D eigenvalue weighted by Gasteiger charge is 2.03. The van der Waals surface area contributed by atoms with Gasteiger partial charge in [-0.25, -0.2) is 4.39 Å². The van der Waals surface area contributed by atoms with Gasteiger partial charge in [0, 0.05) is 0 Å². The Morgan fingerprint density at radius 2 is 1.88 bits per heavy atom. The van der Waals surface area contributed by atoms with Crippen LogP contribution in [0.25, 0.3) is 11.1 Å². The Balaban J connectivity index is 2.38. The fraction of sp³-hybridized carbons (Fsp3) is 0.143. The molecule has 0 aliphatic heterocycles. The van der Waals surface area contributed by atoms with Crippen LogP contribution in [0.1, 0.15) is 6.92 Å². The van der Waals surface area contributed by atoms with Gasteiger partial charge in [-0.2, -0.15) is 0 Å². The van der Waals surface area contributed by atoms with Crippen LogP contribution in [0.4, 0.5) is 10.1 Å². The minimum absolute atomic E-state index is 0.162. The van der Waals surface area contributed by atoms with E-state index in [0.717, 1.165) is 16.9 Å². The van der Waals surface area contributed by atoms with Gasteiger partial charge in [-0.1, -0.05) is 18.2 Å². The van der Waals surface area contributed by atoms with E-state index in [9.17, 15) is 4.39 Å². The molecule has 0 saturated heterocycles. The van der Waals surface area contributed by atoms with Crippen LogP contribution in [0.15, 0.2) is 42.5 Å². The Morgan fingerprint density at radius 1 is 1.12 bits per heavy atom. The second-order valence-electron chi connectivity index (χ2n) is 3.70. The molecule has 0 radical (unpaired) electrons. The molecule has 2 rings (SSSR count). The Bertz CT molecular complexity index is 525. The molecule has 0 saturated carbocycles. The fourth-order valence-electron chi connectivity index (χ4n) is 1.64. The van der Waals surface area contributed by atoms with Gasteiger partial charge in [0.1, 0.15) is 11.6 Å². The van der Waals surface area contributed by atoms with Crippen molar-refractivity contribution in [3.63, 3.8) is 0 Å². The largest absolute Gasteiger partial charge is 0.494 e. The SMILES string of the molecule is CCOc1cccc(-c2ccc(N)c(F)c2)c1. The van der Waals surface area contributed by atoms with Crippen LogP contribution in [-0.2, 0) is 0 Å². The van der Waals surface area contributed by atoms with Crippen LogP contribution >= 0.6 is 0 Å². The van der Waals surface area contributed by atoms with E-state index in [1.165, 1.54) is 6.07 Å². The van der Waals surface area contributed by atoms with Crippen LogP contribution in [0.5, 0.6) is 5.75 Å². The smallest absolute Gasteiger partial charge is 0.146 e. The molecule has 0 bridgehead atoms. The number of anilines is 1. The summed E-state index contributed by atoms with van der Waals surface area (Å²) in [6.45, 7) is 2.54. The average molecular weight is 231 g/mol. The Labute approximate surface area is 99.8 Å². The summed E-state index contributed by atoms with van der Waals surface area (Å²) in [7, 11) is 0. The molecule has 2 nitrogen and oxygen atoms in total. The van der Waals surface area contributed by atoms with Gasteiger partial charge in [0.25, 0.3) is 0 Å². The maximum Gasteiger partial charge on any atom is 0.146 e. The minimum Gasteiger partial charge on any atom is -0.494 e. The van der Waals surface area contributed by atoms with Crippen LogP contribution in [0.2, 0.25) is 0 Å². The van der Waals surface area contributed by atoms with Gasteiger partial charge in [-0.15, -0.1) is 0 Å². The van der Waals surface area contributed by atoms with E-state index in [1.807, 2.05) is 31.2 Å². The van der Waals surface area contributed by atoms with E-state index < -0.39 is 5.82 Å². The topological polar surface area (TPSA) is 35.2 Å². The molecule has 2 N–H and O–H groups in total. The summed E-state index contributed by atoms with van der Waals surface area (Å²) in [4.78, 5) is 0. The molecule has 0 atom stereocenters. The van der Waals surface area contributed by atoms with Crippen LogP contribution < -0.4 is 10.5 Å². The van der Waals surface area contributed by atoms with Crippen molar-refractivity contribution in [2.24, 2.45) is 0 Å². The number of nitrogen functional groups attached to an aromatic ring is 1. The number of rotatable bonds is 3. The predicted molar refractivity (Wildman–Crippen MR) is 67.4 cm³/mol. The molecule has 88 valence electrons. The third-order valence-electron chi connectivity index (χ3n) is 2.48. The van der Waals surface area contributed by atoms with Gasteiger partial charge < -0.3 is 10.5 Å². The van der Waals surface area contributed by atoms with Crippen LogP contribution in [-0.4, -0.2) is 6.61 Å². The molecule has 0 unspecified atom stereocenters. The van der Waals surface area contributed by atoms with Crippen LogP contribution in [0.3, 0.4) is 0 Å². The van der Waals surface area contributed by atoms with Gasteiger partial charge in [0.15, 0.2) is 0 Å². The van der Waals surface area contributed by atoms with Gasteiger partial charge in [-0.05, 0) is 42.3 Å². The standard InChI is InChI=1S/C14H14FNO/c1-2-17-12-5-3-4-10(8-12)11-6-7-14(16)13(15)9-11/h3-9H,2,16H2,1H3. The molecule has 17 heavy (non-hydrogen) atoms. The Morgan fingerprint density at radius 3 is 2.59 bits per heavy atom. The molecule has 3 heteroatoms. The number of halogens is 1. The lowest BCUT2D eigenvalue weighted by Crippen LogP contribution is -1.92. The summed E-state index contributed by atoms with van der Waals surface area (Å²) < 4.78 is 18.8. The predicted octanol–water partition coefficient (Wildman–Crippen LogP) is 3.47. The minimum atomic E-state index is -0.399. The zero-order valence-electron chi connectivity index (χ0n) is 9.61. The highest BCUT2D eigenvalue weighted by Crippen LogP contribution is 2.26. The Kier molecular flexibility index (Phi) is 3.28. The maximum absolute atomic E-state index is 13.4. The molecular weight excluding hydrogens is 217 g/mol. The van der Waals surface area contributed by atoms with Gasteiger partial charge >= 0.3 is 0 Å². The number of ether oxygens (including phenoxy) is 1. The molecular formula is C14H14FNO. The third-order valence-corrected chi connectivity index (χ3v) is 2.48. The van der Waals surface area contributed by atoms with Gasteiger partial charge in [-0.3, -0.25) is 0 Å². The zero-order chi connectivity index (χ0) is 12.3. The molecule has 0 amide bonds. The van der Waals surface area contributed by atoms with Crippen molar-refractivity contribution < 1.29 is 9.13 Å². The Hall–Kier alpha value is -2.03. The van der Waals surface area contributed by atoms with E-state index in [4.69, 9.17) is 10.5 Å². The first kappa shape index (κ1) is 11.5. The summed E-state index contributed by atoms with van der Waals surface area (Å²) in [5.41, 5.74) is 7.31. The molecule has 0 spiro atoms. The van der Waals surface area contributed by atoms with Crippen molar-refractivity contribution in [3.8, 4) is 16.9 Å².